The highest BCUT2D eigenvalue weighted by Crippen LogP contribution is 2.25. The van der Waals surface area contributed by atoms with Crippen LogP contribution in [0.3, 0.4) is 0 Å². The lowest BCUT2D eigenvalue weighted by atomic mass is 10.1. The lowest BCUT2D eigenvalue weighted by molar-refractivity contribution is 0.124. The first-order valence-corrected chi connectivity index (χ1v) is 9.48. The van der Waals surface area contributed by atoms with Crippen LogP contribution >= 0.6 is 9.39 Å². The van der Waals surface area contributed by atoms with Crippen molar-refractivity contribution < 1.29 is 29.8 Å². The molecule has 0 saturated carbocycles. The van der Waals surface area contributed by atoms with Crippen LogP contribution < -0.4 is 0 Å². The van der Waals surface area contributed by atoms with E-state index in [2.05, 4.69) is 22.9 Å². The average molecular weight is 368 g/mol. The number of rotatable bonds is 6. The molecule has 2 aromatic rings. The van der Waals surface area contributed by atoms with Gasteiger partial charge in [-0.15, -0.1) is 0 Å². The molecule has 0 saturated heterocycles. The molecular weight excluding hydrogens is 355 g/mol. The summed E-state index contributed by atoms with van der Waals surface area (Å²) in [5.74, 6) is 0. The molecule has 0 radical (unpaired) electrons. The fraction of sp³-hybridized carbons (Fsp3) is 0.300. The second kappa shape index (κ2) is 6.19. The Bertz CT molecular complexity index is 891. The Morgan fingerprint density at radius 2 is 2.05 bits per heavy atom. The lowest BCUT2D eigenvalue weighted by Gasteiger charge is -2.15. The molecule has 0 aliphatic carbocycles. The molecule has 122 valence electrons. The number of benzene rings is 1. The van der Waals surface area contributed by atoms with Crippen LogP contribution in [0.5, 0.6) is 0 Å². The number of aromatic nitrogens is 2. The Morgan fingerprint density at radius 1 is 1.36 bits per heavy atom. The fourth-order valence-corrected chi connectivity index (χ4v) is 2.89. The van der Waals surface area contributed by atoms with Gasteiger partial charge in [0.15, 0.2) is 0 Å². The van der Waals surface area contributed by atoms with Crippen molar-refractivity contribution in [2.75, 3.05) is 12.9 Å². The van der Waals surface area contributed by atoms with Gasteiger partial charge in [0.25, 0.3) is 10.1 Å². The second-order valence-corrected chi connectivity index (χ2v) is 7.59. The Balaban J connectivity index is 2.38. The van der Waals surface area contributed by atoms with E-state index < -0.39 is 33.2 Å². The normalized spacial score (nSPS) is 14.3. The maximum absolute atomic E-state index is 11.1. The molecule has 0 bridgehead atoms. The zero-order valence-electron chi connectivity index (χ0n) is 11.3. The van der Waals surface area contributed by atoms with E-state index in [-0.39, 0.29) is 0 Å². The van der Waals surface area contributed by atoms with Gasteiger partial charge in [0.1, 0.15) is 6.10 Å². The lowest BCUT2D eigenvalue weighted by Crippen LogP contribution is -2.18. The van der Waals surface area contributed by atoms with E-state index in [1.165, 1.54) is 10.5 Å². The summed E-state index contributed by atoms with van der Waals surface area (Å²) in [7, 11) is -6.25. The molecule has 1 unspecified atom stereocenters. The third kappa shape index (κ3) is 4.70. The summed E-state index contributed by atoms with van der Waals surface area (Å²) in [6.45, 7) is -0.602. The van der Waals surface area contributed by atoms with E-state index >= 15 is 0 Å². The van der Waals surface area contributed by atoms with E-state index in [0.29, 0.717) is 11.1 Å². The van der Waals surface area contributed by atoms with Gasteiger partial charge in [-0.3, -0.25) is 13.2 Å². The summed E-state index contributed by atoms with van der Waals surface area (Å²) in [6, 6.07) is 4.73. The van der Waals surface area contributed by atoms with Crippen molar-refractivity contribution in [3.8, 4) is 0 Å². The second-order valence-electron chi connectivity index (χ2n) is 4.41. The Labute approximate surface area is 129 Å². The first-order chi connectivity index (χ1) is 10.1. The maximum Gasteiger partial charge on any atom is 0.398 e. The van der Waals surface area contributed by atoms with Gasteiger partial charge in [-0.2, -0.15) is 21.9 Å². The van der Waals surface area contributed by atoms with E-state index in [9.17, 15) is 16.8 Å². The first-order valence-electron chi connectivity index (χ1n) is 5.78. The van der Waals surface area contributed by atoms with Crippen molar-refractivity contribution in [2.24, 2.45) is 0 Å². The maximum atomic E-state index is 11.1. The molecule has 1 aromatic carbocycles. The molecule has 12 heteroatoms. The minimum atomic E-state index is -4.79. The highest BCUT2D eigenvalue weighted by molar-refractivity contribution is 7.86. The smallest absolute Gasteiger partial charge is 0.267 e. The monoisotopic (exact) mass is 368 g/mol. The van der Waals surface area contributed by atoms with Gasteiger partial charge in [0.05, 0.1) is 24.6 Å². The summed E-state index contributed by atoms with van der Waals surface area (Å²) in [4.78, 5) is 0. The SMILES string of the molecule is CS(=O)(=O)OC[C@@H](OS(=O)(=O)O)c1ccc2cnn(P)c2c1. The molecule has 0 aliphatic heterocycles. The van der Waals surface area contributed by atoms with Gasteiger partial charge in [-0.25, -0.2) is 4.18 Å². The van der Waals surface area contributed by atoms with Crippen molar-refractivity contribution in [3.05, 3.63) is 30.0 Å². The molecule has 1 aromatic heterocycles. The number of hydrogen-bond donors (Lipinski definition) is 1. The number of nitrogens with zero attached hydrogens (tertiary/aromatic N) is 2. The molecule has 2 rings (SSSR count). The van der Waals surface area contributed by atoms with Gasteiger partial charge < -0.3 is 0 Å². The quantitative estimate of drug-likeness (QED) is 0.444. The highest BCUT2D eigenvalue weighted by atomic mass is 32.3. The third-order valence-corrected chi connectivity index (χ3v) is 4.12. The molecule has 0 spiro atoms. The molecule has 0 amide bonds. The summed E-state index contributed by atoms with van der Waals surface area (Å²) in [6.07, 6.45) is 1.09. The van der Waals surface area contributed by atoms with Gasteiger partial charge in [-0.1, -0.05) is 12.1 Å². The first kappa shape index (κ1) is 17.3. The van der Waals surface area contributed by atoms with E-state index in [1.54, 1.807) is 18.3 Å². The molecule has 0 aliphatic rings. The van der Waals surface area contributed by atoms with Gasteiger partial charge >= 0.3 is 10.4 Å². The zero-order valence-corrected chi connectivity index (χ0v) is 14.1. The van der Waals surface area contributed by atoms with Crippen molar-refractivity contribution in [1.82, 2.24) is 9.55 Å². The molecule has 22 heavy (non-hydrogen) atoms. The van der Waals surface area contributed by atoms with Crippen LogP contribution in [-0.4, -0.2) is 43.8 Å². The van der Waals surface area contributed by atoms with Crippen LogP contribution in [0.15, 0.2) is 24.4 Å². The predicted molar refractivity (Wildman–Crippen MR) is 81.0 cm³/mol. The van der Waals surface area contributed by atoms with Crippen molar-refractivity contribution >= 4 is 40.8 Å². The van der Waals surface area contributed by atoms with Gasteiger partial charge in [-0.05, 0) is 21.0 Å². The highest BCUT2D eigenvalue weighted by Gasteiger charge is 2.22. The minimum absolute atomic E-state index is 0.304. The molecule has 1 N–H and O–H groups in total. The van der Waals surface area contributed by atoms with Crippen LogP contribution in [0.4, 0.5) is 0 Å². The summed E-state index contributed by atoms with van der Waals surface area (Å²) < 4.78 is 63.3. The summed E-state index contributed by atoms with van der Waals surface area (Å²) in [5, 5.41) is 4.79. The topological polar surface area (TPSA) is 125 Å². The molecule has 2 atom stereocenters. The predicted octanol–water partition coefficient (Wildman–Crippen LogP) is 0.511. The molecule has 9 nitrogen and oxygen atoms in total. The third-order valence-electron chi connectivity index (χ3n) is 2.67. The van der Waals surface area contributed by atoms with Crippen LogP contribution in [0.25, 0.3) is 10.9 Å². The number of hydrogen-bond acceptors (Lipinski definition) is 7. The van der Waals surface area contributed by atoms with Crippen LogP contribution in [0.2, 0.25) is 0 Å². The summed E-state index contributed by atoms with van der Waals surface area (Å²) in [5.41, 5.74) is 0.948. The minimum Gasteiger partial charge on any atom is -0.267 e. The molecule has 0 fully saturated rings. The fourth-order valence-electron chi connectivity index (χ4n) is 1.77. The van der Waals surface area contributed by atoms with E-state index in [4.69, 9.17) is 4.55 Å². The van der Waals surface area contributed by atoms with Gasteiger partial charge in [0, 0.05) is 5.39 Å². The van der Waals surface area contributed by atoms with E-state index in [1.807, 2.05) is 0 Å². The van der Waals surface area contributed by atoms with Crippen molar-refractivity contribution in [1.29, 1.82) is 0 Å². The van der Waals surface area contributed by atoms with E-state index in [0.717, 1.165) is 11.6 Å². The standard InChI is InChI=1S/C10H13N2O7PS2/c1-21(13,14)18-6-10(19-22(15,16)17)7-2-3-8-5-11-12(20)9(8)4-7/h2-5,10H,6,20H2,1H3,(H,15,16,17)/t10-/m1/s1. The Morgan fingerprint density at radius 3 is 2.64 bits per heavy atom. The van der Waals surface area contributed by atoms with Crippen LogP contribution in [0, 0.1) is 0 Å². The largest absolute Gasteiger partial charge is 0.398 e. The number of fused-ring (bicyclic) bond motifs is 1. The van der Waals surface area contributed by atoms with Crippen LogP contribution in [0.1, 0.15) is 11.7 Å². The van der Waals surface area contributed by atoms with Crippen molar-refractivity contribution in [2.45, 2.75) is 6.10 Å². The van der Waals surface area contributed by atoms with Gasteiger partial charge in [0.2, 0.25) is 0 Å². The Kier molecular flexibility index (Phi) is 4.85. The zero-order chi connectivity index (χ0) is 16.5. The summed E-state index contributed by atoms with van der Waals surface area (Å²) >= 11 is 0. The molecular formula is C10H13N2O7PS2. The average Bonchev–Trinajstić information content (AvgIpc) is 2.74. The Hall–Kier alpha value is -1.10. The molecule has 1 heterocycles. The van der Waals surface area contributed by atoms with Crippen LogP contribution in [-0.2, 0) is 28.9 Å². The van der Waals surface area contributed by atoms with Crippen molar-refractivity contribution in [3.63, 3.8) is 0 Å².